The molecule has 0 aromatic rings. The van der Waals surface area contributed by atoms with Crippen LogP contribution >= 0.6 is 0 Å². The number of aliphatic carboxylic acids is 1. The van der Waals surface area contributed by atoms with Gasteiger partial charge in [0.05, 0.1) is 34.4 Å². The van der Waals surface area contributed by atoms with E-state index in [0.29, 0.717) is 19.3 Å². The topological polar surface area (TPSA) is 99.1 Å². The number of nitrogens with zero attached hydrogens (tertiary/aromatic N) is 1. The Labute approximate surface area is 287 Å². The van der Waals surface area contributed by atoms with E-state index < -0.39 is 18.1 Å². The molecule has 272 valence electrons. The van der Waals surface area contributed by atoms with Crippen LogP contribution in [0.2, 0.25) is 0 Å². The zero-order chi connectivity index (χ0) is 35.0. The second kappa shape index (κ2) is 30.9. The number of rotatable bonds is 32. The van der Waals surface area contributed by atoms with Crippen LogP contribution in [0.1, 0.15) is 142 Å². The Morgan fingerprint density at radius 3 is 1.77 bits per heavy atom. The van der Waals surface area contributed by atoms with Crippen LogP contribution in [0, 0.1) is 0 Å². The third kappa shape index (κ3) is 29.4. The number of carboxylic acids is 1. The number of likely N-dealkylation sites (N-methyl/N-ethyl adjacent to an activating group) is 1. The minimum Gasteiger partial charge on any atom is -0.477 e. The van der Waals surface area contributed by atoms with Crippen molar-refractivity contribution in [1.29, 1.82) is 0 Å². The summed E-state index contributed by atoms with van der Waals surface area (Å²) >= 11 is 0. The number of hydrogen-bond donors (Lipinski definition) is 1. The highest BCUT2D eigenvalue weighted by Gasteiger charge is 2.31. The van der Waals surface area contributed by atoms with Crippen molar-refractivity contribution in [2.45, 2.75) is 154 Å². The van der Waals surface area contributed by atoms with Crippen LogP contribution in [-0.4, -0.2) is 80.6 Å². The van der Waals surface area contributed by atoms with Gasteiger partial charge in [-0.2, -0.15) is 0 Å². The summed E-state index contributed by atoms with van der Waals surface area (Å²) in [5.41, 5.74) is 0. The summed E-state index contributed by atoms with van der Waals surface area (Å²) in [5.74, 6) is -1.52. The lowest BCUT2D eigenvalue weighted by molar-refractivity contribution is -0.887. The number of quaternary nitrogens is 1. The number of hydrogen-bond acceptors (Lipinski definition) is 6. The monoisotopic (exact) mass is 665 g/mol. The predicted octanol–water partition coefficient (Wildman–Crippen LogP) is 9.13. The number of ether oxygens (including phenoxy) is 3. The van der Waals surface area contributed by atoms with Crippen LogP contribution in [0.3, 0.4) is 0 Å². The smallest absolute Gasteiger partial charge is 0.362 e. The maximum absolute atomic E-state index is 12.6. The van der Waals surface area contributed by atoms with Crippen molar-refractivity contribution >= 4 is 17.9 Å². The van der Waals surface area contributed by atoms with Crippen LogP contribution in [0.5, 0.6) is 0 Å². The number of allylic oxidation sites excluding steroid dienone is 6. The van der Waals surface area contributed by atoms with Crippen molar-refractivity contribution in [3.05, 3.63) is 36.5 Å². The Morgan fingerprint density at radius 1 is 0.660 bits per heavy atom. The molecule has 1 N–H and O–H groups in total. The maximum Gasteiger partial charge on any atom is 0.362 e. The maximum atomic E-state index is 12.6. The fourth-order valence-electron chi connectivity index (χ4n) is 5.16. The molecule has 2 unspecified atom stereocenters. The van der Waals surface area contributed by atoms with E-state index in [0.717, 1.165) is 57.8 Å². The zero-order valence-corrected chi connectivity index (χ0v) is 30.7. The Hall–Kier alpha value is -2.45. The summed E-state index contributed by atoms with van der Waals surface area (Å²) in [7, 11) is 5.50. The molecule has 0 radical (unpaired) electrons. The fourth-order valence-corrected chi connectivity index (χ4v) is 5.16. The molecule has 2 atom stereocenters. The highest BCUT2D eigenvalue weighted by Crippen LogP contribution is 2.13. The van der Waals surface area contributed by atoms with Gasteiger partial charge in [-0.3, -0.25) is 9.59 Å². The number of esters is 2. The molecular weight excluding hydrogens is 594 g/mol. The normalized spacial score (nSPS) is 13.5. The Balaban J connectivity index is 4.50. The highest BCUT2D eigenvalue weighted by atomic mass is 16.6. The van der Waals surface area contributed by atoms with E-state index in [2.05, 4.69) is 50.3 Å². The standard InChI is InChI=1S/C39H69NO7/c1-6-8-10-12-14-16-18-20-21-23-25-27-29-37(41)46-34-35(33-45-32-31-36(39(43)44)40(3,4)5)47-38(42)30-28-26-24-22-19-17-15-13-11-9-7-2/h8,10,14,16,20-21,35-36H,6-7,9,11-13,15,17-19,22-34H2,1-5H3/p+1/b10-8+,16-14+,21-20+. The number of unbranched alkanes of at least 4 members (excludes halogenated alkanes) is 12. The van der Waals surface area contributed by atoms with Gasteiger partial charge in [-0.1, -0.05) is 115 Å². The summed E-state index contributed by atoms with van der Waals surface area (Å²) in [6, 6.07) is -0.617. The van der Waals surface area contributed by atoms with E-state index in [1.54, 1.807) is 0 Å². The molecule has 0 heterocycles. The van der Waals surface area contributed by atoms with E-state index in [1.165, 1.54) is 51.4 Å². The van der Waals surface area contributed by atoms with Crippen LogP contribution in [0.25, 0.3) is 0 Å². The van der Waals surface area contributed by atoms with E-state index >= 15 is 0 Å². The lowest BCUT2D eigenvalue weighted by Gasteiger charge is -2.31. The lowest BCUT2D eigenvalue weighted by Crippen LogP contribution is -2.50. The van der Waals surface area contributed by atoms with Crippen molar-refractivity contribution in [3.8, 4) is 0 Å². The molecule has 0 saturated heterocycles. The average Bonchev–Trinajstić information content (AvgIpc) is 3.01. The summed E-state index contributed by atoms with van der Waals surface area (Å²) in [4.78, 5) is 36.7. The van der Waals surface area contributed by atoms with Crippen LogP contribution in [0.15, 0.2) is 36.5 Å². The third-order valence-corrected chi connectivity index (χ3v) is 8.05. The highest BCUT2D eigenvalue weighted by molar-refractivity contribution is 5.72. The van der Waals surface area contributed by atoms with Gasteiger partial charge < -0.3 is 23.8 Å². The molecule has 8 nitrogen and oxygen atoms in total. The van der Waals surface area contributed by atoms with Gasteiger partial charge >= 0.3 is 17.9 Å². The van der Waals surface area contributed by atoms with Gasteiger partial charge in [0.15, 0.2) is 12.1 Å². The quantitative estimate of drug-likeness (QED) is 0.0331. The van der Waals surface area contributed by atoms with Crippen LogP contribution in [-0.2, 0) is 28.6 Å². The second-order valence-corrected chi connectivity index (χ2v) is 13.5. The molecular formula is C39H70NO7+. The Bertz CT molecular complexity index is 875. The second-order valence-electron chi connectivity index (χ2n) is 13.5. The lowest BCUT2D eigenvalue weighted by atomic mass is 10.1. The molecule has 0 saturated carbocycles. The van der Waals surface area contributed by atoms with E-state index in [9.17, 15) is 19.5 Å². The van der Waals surface area contributed by atoms with E-state index in [4.69, 9.17) is 14.2 Å². The number of carbonyl (C=O) groups excluding carboxylic acids is 2. The Kier molecular flexibility index (Phi) is 29.2. The molecule has 0 aromatic carbocycles. The SMILES string of the molecule is CC/C=C/C/C=C/C/C=C/CCCCC(=O)OCC(COCCC(C(=O)O)[N+](C)(C)C)OC(=O)CCCCCCCCCCCCC. The van der Waals surface area contributed by atoms with Gasteiger partial charge in [0, 0.05) is 19.3 Å². The van der Waals surface area contributed by atoms with E-state index in [-0.39, 0.29) is 36.2 Å². The molecule has 0 aliphatic heterocycles. The zero-order valence-electron chi connectivity index (χ0n) is 30.7. The summed E-state index contributed by atoms with van der Waals surface area (Å²) < 4.78 is 17.1. The number of carboxylic acid groups (broad SMARTS) is 1. The summed E-state index contributed by atoms with van der Waals surface area (Å²) in [6.45, 7) is 4.55. The summed E-state index contributed by atoms with van der Waals surface area (Å²) in [6.07, 6.45) is 31.9. The molecule has 47 heavy (non-hydrogen) atoms. The van der Waals surface area contributed by atoms with Crippen LogP contribution < -0.4 is 0 Å². The van der Waals surface area contributed by atoms with Crippen molar-refractivity contribution < 1.29 is 38.2 Å². The third-order valence-electron chi connectivity index (χ3n) is 8.05. The molecule has 0 aliphatic rings. The van der Waals surface area contributed by atoms with Gasteiger partial charge in [-0.25, -0.2) is 4.79 Å². The molecule has 0 fully saturated rings. The van der Waals surface area contributed by atoms with Gasteiger partial charge in [-0.05, 0) is 44.9 Å². The van der Waals surface area contributed by atoms with Crippen molar-refractivity contribution in [1.82, 2.24) is 0 Å². The van der Waals surface area contributed by atoms with Crippen molar-refractivity contribution in [2.75, 3.05) is 41.0 Å². The molecule has 0 amide bonds. The largest absolute Gasteiger partial charge is 0.477 e. The summed E-state index contributed by atoms with van der Waals surface area (Å²) in [5, 5.41) is 9.56. The van der Waals surface area contributed by atoms with Gasteiger partial charge in [0.1, 0.15) is 6.61 Å². The molecule has 0 rings (SSSR count). The number of carbonyl (C=O) groups is 3. The van der Waals surface area contributed by atoms with Gasteiger partial charge in [0.2, 0.25) is 0 Å². The van der Waals surface area contributed by atoms with E-state index in [1.807, 2.05) is 21.1 Å². The first-order valence-corrected chi connectivity index (χ1v) is 18.5. The first-order chi connectivity index (χ1) is 22.6. The molecule has 0 aromatic heterocycles. The van der Waals surface area contributed by atoms with Gasteiger partial charge in [-0.15, -0.1) is 0 Å². The molecule has 0 spiro atoms. The first kappa shape index (κ1) is 44.5. The van der Waals surface area contributed by atoms with Gasteiger partial charge in [0.25, 0.3) is 0 Å². The van der Waals surface area contributed by atoms with Crippen molar-refractivity contribution in [2.24, 2.45) is 0 Å². The minimum atomic E-state index is -0.882. The first-order valence-electron chi connectivity index (χ1n) is 18.5. The molecule has 0 aliphatic carbocycles. The molecule has 0 bridgehead atoms. The minimum absolute atomic E-state index is 0.0505. The molecule has 8 heteroatoms. The average molecular weight is 665 g/mol. The fraction of sp³-hybridized carbons (Fsp3) is 0.769. The Morgan fingerprint density at radius 2 is 1.19 bits per heavy atom. The van der Waals surface area contributed by atoms with Crippen LogP contribution in [0.4, 0.5) is 0 Å². The predicted molar refractivity (Wildman–Crippen MR) is 192 cm³/mol. The van der Waals surface area contributed by atoms with Crippen molar-refractivity contribution in [3.63, 3.8) is 0 Å².